The number of hydrogen-bond acceptors (Lipinski definition) is 2. The molecular weight excluding hydrogens is 508 g/mol. The van der Waals surface area contributed by atoms with Crippen LogP contribution in [0.3, 0.4) is 0 Å². The Balaban J connectivity index is 1.11. The van der Waals surface area contributed by atoms with E-state index in [1.807, 2.05) is 0 Å². The second-order valence-electron chi connectivity index (χ2n) is 11.3. The lowest BCUT2D eigenvalue weighted by atomic mass is 9.79. The topological polar surface area (TPSA) is 15.6 Å². The Kier molecular flexibility index (Phi) is 6.52. The van der Waals surface area contributed by atoms with Crippen LogP contribution in [-0.4, -0.2) is 5.71 Å². The molecule has 202 valence electrons. The minimum Gasteiger partial charge on any atom is -0.311 e. The van der Waals surface area contributed by atoms with Gasteiger partial charge in [-0.2, -0.15) is 0 Å². The lowest BCUT2D eigenvalue weighted by molar-refractivity contribution is 0.737. The average Bonchev–Trinajstić information content (AvgIpc) is 3.33. The van der Waals surface area contributed by atoms with E-state index in [0.29, 0.717) is 0 Å². The Hall–Kier alpha value is -5.21. The quantitative estimate of drug-likeness (QED) is 0.205. The highest BCUT2D eigenvalue weighted by atomic mass is 15.1. The molecule has 7 rings (SSSR count). The van der Waals surface area contributed by atoms with Crippen molar-refractivity contribution in [1.29, 1.82) is 0 Å². The molecule has 0 aromatic heterocycles. The van der Waals surface area contributed by atoms with Crippen LogP contribution in [0.15, 0.2) is 163 Å². The highest BCUT2D eigenvalue weighted by molar-refractivity contribution is 6.12. The summed E-state index contributed by atoms with van der Waals surface area (Å²) in [6.45, 7) is 4.52. The van der Waals surface area contributed by atoms with E-state index < -0.39 is 0 Å². The summed E-state index contributed by atoms with van der Waals surface area (Å²) in [4.78, 5) is 7.27. The van der Waals surface area contributed by atoms with Gasteiger partial charge in [0, 0.05) is 22.5 Å². The van der Waals surface area contributed by atoms with Crippen LogP contribution < -0.4 is 4.90 Å². The Morgan fingerprint density at radius 3 is 1.26 bits per heavy atom. The second-order valence-corrected chi connectivity index (χ2v) is 11.3. The van der Waals surface area contributed by atoms with Gasteiger partial charge in [-0.25, -0.2) is 0 Å². The summed E-state index contributed by atoms with van der Waals surface area (Å²) >= 11 is 0. The molecule has 6 aromatic carbocycles. The summed E-state index contributed by atoms with van der Waals surface area (Å²) in [5, 5.41) is 0. The number of para-hydroxylation sites is 3. The van der Waals surface area contributed by atoms with Crippen LogP contribution in [0.25, 0.3) is 22.3 Å². The fraction of sp³-hybridized carbons (Fsp3) is 0.0750. The molecule has 2 nitrogen and oxygen atoms in total. The molecule has 0 saturated carbocycles. The van der Waals surface area contributed by atoms with Crippen molar-refractivity contribution in [3.8, 4) is 22.3 Å². The summed E-state index contributed by atoms with van der Waals surface area (Å²) in [7, 11) is 0. The molecule has 0 atom stereocenters. The first-order valence-corrected chi connectivity index (χ1v) is 14.5. The summed E-state index contributed by atoms with van der Waals surface area (Å²) in [5.74, 6) is 0. The van der Waals surface area contributed by atoms with E-state index in [-0.39, 0.29) is 5.41 Å². The van der Waals surface area contributed by atoms with Gasteiger partial charge >= 0.3 is 0 Å². The summed E-state index contributed by atoms with van der Waals surface area (Å²) in [6.07, 6.45) is 0. The summed E-state index contributed by atoms with van der Waals surface area (Å²) in [5.41, 5.74) is 12.8. The van der Waals surface area contributed by atoms with Crippen LogP contribution in [-0.2, 0) is 5.41 Å². The number of nitrogens with zero attached hydrogens (tertiary/aromatic N) is 2. The third-order valence-electron chi connectivity index (χ3n) is 8.27. The number of rotatable bonds is 6. The van der Waals surface area contributed by atoms with E-state index in [2.05, 4.69) is 176 Å². The summed E-state index contributed by atoms with van der Waals surface area (Å²) in [6, 6.07) is 56.0. The van der Waals surface area contributed by atoms with Crippen molar-refractivity contribution in [2.24, 2.45) is 4.99 Å². The van der Waals surface area contributed by atoms with Crippen LogP contribution in [0.4, 0.5) is 22.7 Å². The lowest BCUT2D eigenvalue weighted by Gasteiger charge is -2.25. The zero-order valence-electron chi connectivity index (χ0n) is 23.9. The van der Waals surface area contributed by atoms with Crippen molar-refractivity contribution in [2.45, 2.75) is 19.3 Å². The van der Waals surface area contributed by atoms with Gasteiger partial charge in [-0.1, -0.05) is 129 Å². The number of fused-ring (bicyclic) bond motifs is 1. The van der Waals surface area contributed by atoms with Gasteiger partial charge in [-0.3, -0.25) is 4.99 Å². The molecule has 1 aliphatic heterocycles. The van der Waals surface area contributed by atoms with Gasteiger partial charge in [-0.15, -0.1) is 0 Å². The van der Waals surface area contributed by atoms with Gasteiger partial charge in [0.2, 0.25) is 0 Å². The maximum Gasteiger partial charge on any atom is 0.0675 e. The van der Waals surface area contributed by atoms with Gasteiger partial charge in [0.05, 0.1) is 11.4 Å². The zero-order valence-corrected chi connectivity index (χ0v) is 23.9. The highest BCUT2D eigenvalue weighted by Crippen LogP contribution is 2.42. The molecule has 0 N–H and O–H groups in total. The zero-order chi connectivity index (χ0) is 28.5. The van der Waals surface area contributed by atoms with Gasteiger partial charge in [0.25, 0.3) is 0 Å². The van der Waals surface area contributed by atoms with Crippen LogP contribution in [0.5, 0.6) is 0 Å². The molecule has 1 aliphatic rings. The maximum atomic E-state index is 4.99. The lowest BCUT2D eigenvalue weighted by Crippen LogP contribution is -2.26. The smallest absolute Gasteiger partial charge is 0.0675 e. The van der Waals surface area contributed by atoms with E-state index in [0.717, 1.165) is 28.5 Å². The Morgan fingerprint density at radius 1 is 0.405 bits per heavy atom. The highest BCUT2D eigenvalue weighted by Gasteiger charge is 2.35. The fourth-order valence-corrected chi connectivity index (χ4v) is 5.99. The molecule has 0 radical (unpaired) electrons. The molecule has 0 spiro atoms. The molecule has 0 fully saturated rings. The van der Waals surface area contributed by atoms with Gasteiger partial charge in [0.1, 0.15) is 0 Å². The fourth-order valence-electron chi connectivity index (χ4n) is 5.99. The molecule has 0 unspecified atom stereocenters. The predicted octanol–water partition coefficient (Wildman–Crippen LogP) is 10.9. The van der Waals surface area contributed by atoms with Crippen molar-refractivity contribution in [1.82, 2.24) is 0 Å². The van der Waals surface area contributed by atoms with Crippen LogP contribution in [0, 0.1) is 0 Å². The number of anilines is 3. The predicted molar refractivity (Wildman–Crippen MR) is 178 cm³/mol. The summed E-state index contributed by atoms with van der Waals surface area (Å²) < 4.78 is 0. The third kappa shape index (κ3) is 4.71. The second kappa shape index (κ2) is 10.6. The molecule has 1 heterocycles. The first kappa shape index (κ1) is 25.7. The van der Waals surface area contributed by atoms with Gasteiger partial charge < -0.3 is 4.90 Å². The first-order chi connectivity index (χ1) is 20.6. The average molecular weight is 541 g/mol. The molecule has 2 heteroatoms. The van der Waals surface area contributed by atoms with E-state index in [1.165, 1.54) is 33.4 Å². The molecule has 0 aliphatic carbocycles. The minimum absolute atomic E-state index is 0.103. The molecule has 6 aromatic rings. The normalized spacial score (nSPS) is 13.3. The first-order valence-electron chi connectivity index (χ1n) is 14.5. The van der Waals surface area contributed by atoms with Gasteiger partial charge in [-0.05, 0) is 75.8 Å². The number of hydrogen-bond donors (Lipinski definition) is 0. The molecule has 42 heavy (non-hydrogen) atoms. The van der Waals surface area contributed by atoms with Crippen LogP contribution in [0.1, 0.15) is 25.0 Å². The van der Waals surface area contributed by atoms with Crippen molar-refractivity contribution in [3.05, 3.63) is 169 Å². The molecular formula is C40H32N2. The van der Waals surface area contributed by atoms with Crippen LogP contribution in [0.2, 0.25) is 0 Å². The van der Waals surface area contributed by atoms with Gasteiger partial charge in [0.15, 0.2) is 0 Å². The van der Waals surface area contributed by atoms with Crippen molar-refractivity contribution >= 4 is 28.5 Å². The van der Waals surface area contributed by atoms with Crippen LogP contribution >= 0.6 is 0 Å². The monoisotopic (exact) mass is 540 g/mol. The van der Waals surface area contributed by atoms with E-state index >= 15 is 0 Å². The standard InChI is InChI=1S/C40H32N2/c1-40(2)37-15-9-10-16-38(37)41-39(40)33-23-21-31(22-24-33)29-17-19-30(20-18-29)32-25-27-36(28-26-32)42(34-11-5-3-6-12-34)35-13-7-4-8-14-35/h3-28H,1-2H3. The van der Waals surface area contributed by atoms with Crippen molar-refractivity contribution in [3.63, 3.8) is 0 Å². The third-order valence-corrected chi connectivity index (χ3v) is 8.27. The molecule has 0 saturated heterocycles. The largest absolute Gasteiger partial charge is 0.311 e. The van der Waals surface area contributed by atoms with Crippen molar-refractivity contribution < 1.29 is 0 Å². The van der Waals surface area contributed by atoms with E-state index in [4.69, 9.17) is 4.99 Å². The number of benzene rings is 6. The Labute approximate surface area is 248 Å². The number of aliphatic imine (C=N–C) groups is 1. The van der Waals surface area contributed by atoms with E-state index in [9.17, 15) is 0 Å². The Morgan fingerprint density at radius 2 is 0.786 bits per heavy atom. The SMILES string of the molecule is CC1(C)C(c2ccc(-c3ccc(-c4ccc(N(c5ccccc5)c5ccccc5)cc4)cc3)cc2)=Nc2ccccc21. The Bertz CT molecular complexity index is 1810. The molecule has 0 bridgehead atoms. The van der Waals surface area contributed by atoms with E-state index in [1.54, 1.807) is 0 Å². The van der Waals surface area contributed by atoms with Crippen molar-refractivity contribution in [2.75, 3.05) is 4.90 Å². The molecule has 0 amide bonds. The minimum atomic E-state index is -0.103. The maximum absolute atomic E-state index is 4.99.